The summed E-state index contributed by atoms with van der Waals surface area (Å²) in [5, 5.41) is 3.26. The Morgan fingerprint density at radius 1 is 1.33 bits per heavy atom. The molecule has 1 atom stereocenters. The normalized spacial score (nSPS) is 24.4. The lowest BCUT2D eigenvalue weighted by Crippen LogP contribution is -2.65. The molecule has 18 heavy (non-hydrogen) atoms. The first kappa shape index (κ1) is 13.3. The molecule has 0 aromatic heterocycles. The first-order valence-corrected chi connectivity index (χ1v) is 6.53. The number of nitrogens with one attached hydrogen (secondary N) is 1. The monoisotopic (exact) mass is 255 g/mol. The average Bonchev–Trinajstić information content (AvgIpc) is 2.40. The van der Waals surface area contributed by atoms with Crippen LogP contribution in [0.15, 0.2) is 0 Å². The van der Waals surface area contributed by atoms with Gasteiger partial charge in [0.25, 0.3) is 0 Å². The summed E-state index contributed by atoms with van der Waals surface area (Å²) < 4.78 is 4.98. The van der Waals surface area contributed by atoms with Gasteiger partial charge in [-0.2, -0.15) is 0 Å². The molecule has 102 valence electrons. The van der Waals surface area contributed by atoms with Gasteiger partial charge in [0.2, 0.25) is 0 Å². The highest BCUT2D eigenvalue weighted by atomic mass is 16.5. The molecule has 6 heteroatoms. The summed E-state index contributed by atoms with van der Waals surface area (Å²) in [7, 11) is 1.67. The molecule has 2 saturated heterocycles. The maximum absolute atomic E-state index is 11.9. The van der Waals surface area contributed by atoms with Crippen molar-refractivity contribution in [3.8, 4) is 0 Å². The van der Waals surface area contributed by atoms with Crippen molar-refractivity contribution in [3.63, 3.8) is 0 Å². The number of unbranched alkanes of at least 4 members (excludes halogenated alkanes) is 1. The summed E-state index contributed by atoms with van der Waals surface area (Å²) in [6, 6.07) is 0.145. The molecule has 1 unspecified atom stereocenters. The Labute approximate surface area is 107 Å². The van der Waals surface area contributed by atoms with E-state index in [-0.39, 0.29) is 17.9 Å². The van der Waals surface area contributed by atoms with Gasteiger partial charge in [-0.1, -0.05) is 0 Å². The molecule has 2 amide bonds. The zero-order chi connectivity index (χ0) is 13.0. The molecule has 1 N–H and O–H groups in total. The zero-order valence-electron chi connectivity index (χ0n) is 10.9. The molecule has 0 aromatic rings. The molecule has 0 radical (unpaired) electrons. The van der Waals surface area contributed by atoms with Crippen molar-refractivity contribution in [1.82, 2.24) is 15.1 Å². The van der Waals surface area contributed by atoms with Crippen LogP contribution < -0.4 is 5.32 Å². The van der Waals surface area contributed by atoms with Crippen LogP contribution in [0, 0.1) is 0 Å². The van der Waals surface area contributed by atoms with Crippen LogP contribution in [0.2, 0.25) is 0 Å². The molecule has 0 bridgehead atoms. The second-order valence-corrected chi connectivity index (χ2v) is 4.81. The van der Waals surface area contributed by atoms with Crippen molar-refractivity contribution < 1.29 is 14.3 Å². The smallest absolute Gasteiger partial charge is 0.312 e. The third-order valence-corrected chi connectivity index (χ3v) is 3.54. The van der Waals surface area contributed by atoms with Crippen molar-refractivity contribution >= 4 is 11.8 Å². The van der Waals surface area contributed by atoms with Crippen molar-refractivity contribution in [2.75, 3.05) is 46.4 Å². The molecule has 0 aliphatic carbocycles. The Morgan fingerprint density at radius 2 is 2.17 bits per heavy atom. The van der Waals surface area contributed by atoms with E-state index in [1.54, 1.807) is 16.9 Å². The number of ether oxygens (including phenoxy) is 1. The predicted molar refractivity (Wildman–Crippen MR) is 66.1 cm³/mol. The molecule has 2 fully saturated rings. The van der Waals surface area contributed by atoms with Crippen molar-refractivity contribution in [1.29, 1.82) is 0 Å². The Morgan fingerprint density at radius 3 is 2.94 bits per heavy atom. The SMILES string of the molecule is COCCCCN1CC2CNCCN2C(=O)C1=O. The van der Waals surface area contributed by atoms with E-state index in [0.29, 0.717) is 26.2 Å². The maximum atomic E-state index is 11.9. The quantitative estimate of drug-likeness (QED) is 0.508. The van der Waals surface area contributed by atoms with Gasteiger partial charge in [-0.3, -0.25) is 9.59 Å². The first-order chi connectivity index (χ1) is 8.74. The minimum Gasteiger partial charge on any atom is -0.385 e. The number of carbonyl (C=O) groups is 2. The van der Waals surface area contributed by atoms with E-state index in [1.165, 1.54) is 0 Å². The zero-order valence-corrected chi connectivity index (χ0v) is 10.9. The number of fused-ring (bicyclic) bond motifs is 1. The van der Waals surface area contributed by atoms with Gasteiger partial charge in [-0.15, -0.1) is 0 Å². The van der Waals surface area contributed by atoms with Gasteiger partial charge in [0, 0.05) is 46.4 Å². The van der Waals surface area contributed by atoms with Gasteiger partial charge < -0.3 is 19.9 Å². The first-order valence-electron chi connectivity index (χ1n) is 6.53. The summed E-state index contributed by atoms with van der Waals surface area (Å²) in [6.45, 7) is 4.22. The van der Waals surface area contributed by atoms with E-state index in [4.69, 9.17) is 4.74 Å². The molecule has 0 saturated carbocycles. The van der Waals surface area contributed by atoms with E-state index in [0.717, 1.165) is 25.9 Å². The highest BCUT2D eigenvalue weighted by Crippen LogP contribution is 2.14. The highest BCUT2D eigenvalue weighted by Gasteiger charge is 2.39. The average molecular weight is 255 g/mol. The molecule has 2 heterocycles. The second-order valence-electron chi connectivity index (χ2n) is 4.81. The Kier molecular flexibility index (Phi) is 4.54. The number of hydrogen-bond acceptors (Lipinski definition) is 4. The summed E-state index contributed by atoms with van der Waals surface area (Å²) in [5.74, 6) is -0.676. The lowest BCUT2D eigenvalue weighted by molar-refractivity contribution is -0.159. The molecular formula is C12H21N3O3. The maximum Gasteiger partial charge on any atom is 0.312 e. The summed E-state index contributed by atoms with van der Waals surface area (Å²) >= 11 is 0. The van der Waals surface area contributed by atoms with Crippen LogP contribution in [0.25, 0.3) is 0 Å². The van der Waals surface area contributed by atoms with E-state index in [2.05, 4.69) is 5.32 Å². The highest BCUT2D eigenvalue weighted by molar-refractivity contribution is 6.35. The Balaban J connectivity index is 1.88. The molecular weight excluding hydrogens is 234 g/mol. The van der Waals surface area contributed by atoms with Crippen molar-refractivity contribution in [3.05, 3.63) is 0 Å². The van der Waals surface area contributed by atoms with E-state index in [1.807, 2.05) is 0 Å². The van der Waals surface area contributed by atoms with Crippen LogP contribution in [-0.4, -0.2) is 74.1 Å². The summed E-state index contributed by atoms with van der Waals surface area (Å²) in [5.41, 5.74) is 0. The summed E-state index contributed by atoms with van der Waals surface area (Å²) in [6.07, 6.45) is 1.80. The number of rotatable bonds is 5. The number of amides is 2. The fourth-order valence-electron chi connectivity index (χ4n) is 2.53. The molecule has 2 aliphatic rings. The molecule has 2 aliphatic heterocycles. The van der Waals surface area contributed by atoms with Crippen LogP contribution in [0.5, 0.6) is 0 Å². The predicted octanol–water partition coefficient (Wildman–Crippen LogP) is -0.944. The van der Waals surface area contributed by atoms with E-state index >= 15 is 0 Å². The van der Waals surface area contributed by atoms with E-state index < -0.39 is 0 Å². The third kappa shape index (κ3) is 2.81. The Hall–Kier alpha value is -1.14. The largest absolute Gasteiger partial charge is 0.385 e. The van der Waals surface area contributed by atoms with Crippen molar-refractivity contribution in [2.45, 2.75) is 18.9 Å². The van der Waals surface area contributed by atoms with Crippen LogP contribution >= 0.6 is 0 Å². The topological polar surface area (TPSA) is 61.9 Å². The fraction of sp³-hybridized carbons (Fsp3) is 0.833. The lowest BCUT2D eigenvalue weighted by atomic mass is 10.1. The van der Waals surface area contributed by atoms with Gasteiger partial charge in [-0.25, -0.2) is 0 Å². The number of carbonyl (C=O) groups excluding carboxylic acids is 2. The third-order valence-electron chi connectivity index (χ3n) is 3.54. The number of hydrogen-bond donors (Lipinski definition) is 1. The fourth-order valence-corrected chi connectivity index (χ4v) is 2.53. The number of methoxy groups -OCH3 is 1. The second kappa shape index (κ2) is 6.15. The minimum absolute atomic E-state index is 0.145. The van der Waals surface area contributed by atoms with Crippen LogP contribution in [0.1, 0.15) is 12.8 Å². The van der Waals surface area contributed by atoms with Crippen molar-refractivity contribution in [2.24, 2.45) is 0 Å². The number of nitrogens with zero attached hydrogens (tertiary/aromatic N) is 2. The van der Waals surface area contributed by atoms with Gasteiger partial charge in [0.1, 0.15) is 0 Å². The molecule has 2 rings (SSSR count). The van der Waals surface area contributed by atoms with Crippen LogP contribution in [0.3, 0.4) is 0 Å². The van der Waals surface area contributed by atoms with Gasteiger partial charge in [0.05, 0.1) is 6.04 Å². The van der Waals surface area contributed by atoms with Gasteiger partial charge >= 0.3 is 11.8 Å². The standard InChI is InChI=1S/C12H21N3O3/c1-18-7-3-2-5-14-9-10-8-13-4-6-15(10)12(17)11(14)16/h10,13H,2-9H2,1H3. The molecule has 0 aromatic carbocycles. The summed E-state index contributed by atoms with van der Waals surface area (Å²) in [4.78, 5) is 27.3. The van der Waals surface area contributed by atoms with Gasteiger partial charge in [0.15, 0.2) is 0 Å². The minimum atomic E-state index is -0.342. The van der Waals surface area contributed by atoms with Gasteiger partial charge in [-0.05, 0) is 12.8 Å². The van der Waals surface area contributed by atoms with E-state index in [9.17, 15) is 9.59 Å². The lowest BCUT2D eigenvalue weighted by Gasteiger charge is -2.43. The van der Waals surface area contributed by atoms with Crippen LogP contribution in [-0.2, 0) is 14.3 Å². The molecule has 6 nitrogen and oxygen atoms in total. The number of piperazine rings is 2. The van der Waals surface area contributed by atoms with Crippen LogP contribution in [0.4, 0.5) is 0 Å². The molecule has 0 spiro atoms. The Bertz CT molecular complexity index is 322.